The minimum absolute atomic E-state index is 0.122. The Morgan fingerprint density at radius 2 is 2.33 bits per heavy atom. The highest BCUT2D eigenvalue weighted by Crippen LogP contribution is 2.32. The van der Waals surface area contributed by atoms with Gasteiger partial charge < -0.3 is 10.6 Å². The number of hydrogen-bond donors (Lipinski definition) is 1. The summed E-state index contributed by atoms with van der Waals surface area (Å²) in [6.07, 6.45) is 2.38. The average Bonchev–Trinajstić information content (AvgIpc) is 3.07. The Morgan fingerprint density at radius 3 is 3.05 bits per heavy atom. The molecule has 1 saturated heterocycles. The Balaban J connectivity index is 1.65. The number of aromatic nitrogens is 1. The van der Waals surface area contributed by atoms with E-state index in [0.717, 1.165) is 39.4 Å². The lowest BCUT2D eigenvalue weighted by molar-refractivity contribution is -0.131. The van der Waals surface area contributed by atoms with Crippen LogP contribution in [0.5, 0.6) is 0 Å². The van der Waals surface area contributed by atoms with E-state index in [1.807, 2.05) is 15.7 Å². The first kappa shape index (κ1) is 15.1. The molecule has 4 nitrogen and oxygen atoms in total. The monoisotopic (exact) mass is 385 g/mol. The molecule has 1 aliphatic rings. The first-order valence-electron chi connectivity index (χ1n) is 6.84. The van der Waals surface area contributed by atoms with Crippen molar-refractivity contribution in [3.63, 3.8) is 0 Å². The first-order valence-corrected chi connectivity index (χ1v) is 9.39. The van der Waals surface area contributed by atoms with Gasteiger partial charge in [0.25, 0.3) is 0 Å². The lowest BCUT2D eigenvalue weighted by Gasteiger charge is -2.30. The van der Waals surface area contributed by atoms with Crippen LogP contribution < -0.4 is 5.73 Å². The summed E-state index contributed by atoms with van der Waals surface area (Å²) >= 11 is 6.69. The van der Waals surface area contributed by atoms with Crippen molar-refractivity contribution < 1.29 is 4.79 Å². The molecule has 2 aromatic heterocycles. The van der Waals surface area contributed by atoms with E-state index in [4.69, 9.17) is 5.73 Å². The highest BCUT2D eigenvalue weighted by atomic mass is 79.9. The van der Waals surface area contributed by atoms with Crippen molar-refractivity contribution in [3.05, 3.63) is 27.0 Å². The van der Waals surface area contributed by atoms with Gasteiger partial charge in [-0.15, -0.1) is 22.7 Å². The van der Waals surface area contributed by atoms with Crippen molar-refractivity contribution in [1.82, 2.24) is 9.88 Å². The Labute approximate surface area is 140 Å². The van der Waals surface area contributed by atoms with Gasteiger partial charge in [-0.25, -0.2) is 4.98 Å². The second kappa shape index (κ2) is 6.56. The van der Waals surface area contributed by atoms with Crippen LogP contribution in [-0.2, 0) is 11.2 Å². The van der Waals surface area contributed by atoms with Gasteiger partial charge >= 0.3 is 0 Å². The molecule has 0 saturated carbocycles. The highest BCUT2D eigenvalue weighted by Gasteiger charge is 2.22. The van der Waals surface area contributed by atoms with Crippen LogP contribution in [0.3, 0.4) is 0 Å². The molecule has 1 amide bonds. The quantitative estimate of drug-likeness (QED) is 0.882. The van der Waals surface area contributed by atoms with Crippen LogP contribution in [-0.4, -0.2) is 34.9 Å². The van der Waals surface area contributed by atoms with Gasteiger partial charge in [-0.05, 0) is 34.8 Å². The Kier molecular flexibility index (Phi) is 4.73. The summed E-state index contributed by atoms with van der Waals surface area (Å²) in [5, 5.41) is 4.99. The highest BCUT2D eigenvalue weighted by molar-refractivity contribution is 9.10. The van der Waals surface area contributed by atoms with Gasteiger partial charge in [-0.1, -0.05) is 0 Å². The predicted molar refractivity (Wildman–Crippen MR) is 90.6 cm³/mol. The molecule has 2 aromatic rings. The third-order valence-electron chi connectivity index (χ3n) is 3.47. The molecule has 1 unspecified atom stereocenters. The number of thiophene rings is 1. The fourth-order valence-corrected chi connectivity index (χ4v) is 4.76. The summed E-state index contributed by atoms with van der Waals surface area (Å²) in [7, 11) is 0. The van der Waals surface area contributed by atoms with Crippen molar-refractivity contribution >= 4 is 44.5 Å². The van der Waals surface area contributed by atoms with E-state index in [-0.39, 0.29) is 11.9 Å². The molecular weight excluding hydrogens is 370 g/mol. The number of amides is 1. The zero-order valence-corrected chi connectivity index (χ0v) is 14.6. The minimum Gasteiger partial charge on any atom is -0.341 e. The van der Waals surface area contributed by atoms with Crippen LogP contribution in [0.4, 0.5) is 0 Å². The molecule has 7 heteroatoms. The number of nitrogens with two attached hydrogens (primary N) is 1. The lowest BCUT2D eigenvalue weighted by Crippen LogP contribution is -2.46. The second-order valence-corrected chi connectivity index (χ2v) is 7.88. The Morgan fingerprint density at radius 1 is 1.48 bits per heavy atom. The number of rotatable bonds is 3. The van der Waals surface area contributed by atoms with Gasteiger partial charge in [0, 0.05) is 34.4 Å². The van der Waals surface area contributed by atoms with E-state index in [9.17, 15) is 4.79 Å². The molecule has 21 heavy (non-hydrogen) atoms. The topological polar surface area (TPSA) is 59.2 Å². The Hall–Kier alpha value is -0.760. The van der Waals surface area contributed by atoms with Gasteiger partial charge in [-0.3, -0.25) is 4.79 Å². The number of hydrogen-bond acceptors (Lipinski definition) is 5. The number of piperidine rings is 1. The number of likely N-dealkylation sites (tertiary alicyclic amines) is 1. The zero-order valence-electron chi connectivity index (χ0n) is 11.4. The summed E-state index contributed by atoms with van der Waals surface area (Å²) in [4.78, 5) is 19.9. The third-order valence-corrected chi connectivity index (χ3v) is 6.22. The van der Waals surface area contributed by atoms with Crippen LogP contribution in [0.2, 0.25) is 0 Å². The molecule has 0 spiro atoms. The van der Waals surface area contributed by atoms with Gasteiger partial charge in [0.05, 0.1) is 17.0 Å². The van der Waals surface area contributed by atoms with Gasteiger partial charge in [-0.2, -0.15) is 0 Å². The molecule has 0 aliphatic carbocycles. The molecular formula is C14H16BrN3OS2. The van der Waals surface area contributed by atoms with Gasteiger partial charge in [0.2, 0.25) is 5.91 Å². The SMILES string of the molecule is NC1CCCN(C(=O)Cc2csc(-c3cc(Br)cs3)n2)C1. The summed E-state index contributed by atoms with van der Waals surface area (Å²) in [5.41, 5.74) is 6.78. The lowest BCUT2D eigenvalue weighted by atomic mass is 10.1. The zero-order chi connectivity index (χ0) is 14.8. The van der Waals surface area contributed by atoms with Gasteiger partial charge in [0.15, 0.2) is 0 Å². The number of carbonyl (C=O) groups excluding carboxylic acids is 1. The predicted octanol–water partition coefficient (Wildman–Crippen LogP) is 3.13. The van der Waals surface area contributed by atoms with E-state index >= 15 is 0 Å². The summed E-state index contributed by atoms with van der Waals surface area (Å²) in [6, 6.07) is 2.18. The molecule has 0 radical (unpaired) electrons. The summed E-state index contributed by atoms with van der Waals surface area (Å²) < 4.78 is 1.07. The maximum absolute atomic E-state index is 12.3. The standard InChI is InChI=1S/C14H16BrN3OS2/c15-9-4-12(20-7-9)14-17-11(8-21-14)5-13(19)18-3-1-2-10(16)6-18/h4,7-8,10H,1-3,5-6,16H2. The smallest absolute Gasteiger partial charge is 0.228 e. The summed E-state index contributed by atoms with van der Waals surface area (Å²) in [5.74, 6) is 0.134. The minimum atomic E-state index is 0.122. The van der Waals surface area contributed by atoms with Crippen LogP contribution in [0.1, 0.15) is 18.5 Å². The fourth-order valence-electron chi connectivity index (χ4n) is 2.43. The molecule has 1 aliphatic heterocycles. The molecule has 112 valence electrons. The van der Waals surface area contributed by atoms with E-state index in [1.165, 1.54) is 0 Å². The van der Waals surface area contributed by atoms with Crippen molar-refractivity contribution in [1.29, 1.82) is 0 Å². The van der Waals surface area contributed by atoms with E-state index < -0.39 is 0 Å². The molecule has 2 N–H and O–H groups in total. The van der Waals surface area contributed by atoms with E-state index in [2.05, 4.69) is 27.0 Å². The van der Waals surface area contributed by atoms with Crippen LogP contribution in [0.25, 0.3) is 9.88 Å². The number of halogens is 1. The van der Waals surface area contributed by atoms with Crippen LogP contribution in [0, 0.1) is 0 Å². The van der Waals surface area contributed by atoms with Crippen LogP contribution >= 0.6 is 38.6 Å². The maximum atomic E-state index is 12.3. The fraction of sp³-hybridized carbons (Fsp3) is 0.429. The number of carbonyl (C=O) groups is 1. The van der Waals surface area contributed by atoms with Crippen LogP contribution in [0.15, 0.2) is 21.3 Å². The van der Waals surface area contributed by atoms with Crippen molar-refractivity contribution in [2.45, 2.75) is 25.3 Å². The molecule has 1 atom stereocenters. The second-order valence-electron chi connectivity index (χ2n) is 5.19. The van der Waals surface area contributed by atoms with Crippen molar-refractivity contribution in [2.24, 2.45) is 5.73 Å². The molecule has 0 aromatic carbocycles. The van der Waals surface area contributed by atoms with Crippen molar-refractivity contribution in [2.75, 3.05) is 13.1 Å². The first-order chi connectivity index (χ1) is 10.1. The average molecular weight is 386 g/mol. The summed E-state index contributed by atoms with van der Waals surface area (Å²) in [6.45, 7) is 1.50. The third kappa shape index (κ3) is 3.71. The number of thiazole rings is 1. The Bertz CT molecular complexity index is 640. The van der Waals surface area contributed by atoms with E-state index in [1.54, 1.807) is 22.7 Å². The number of nitrogens with zero attached hydrogens (tertiary/aromatic N) is 2. The normalized spacial score (nSPS) is 19.0. The maximum Gasteiger partial charge on any atom is 0.228 e. The largest absolute Gasteiger partial charge is 0.341 e. The molecule has 3 rings (SSSR count). The molecule has 1 fully saturated rings. The molecule has 3 heterocycles. The van der Waals surface area contributed by atoms with Gasteiger partial charge in [0.1, 0.15) is 5.01 Å². The van der Waals surface area contributed by atoms with Crippen molar-refractivity contribution in [3.8, 4) is 9.88 Å². The molecule has 0 bridgehead atoms. The van der Waals surface area contributed by atoms with E-state index in [0.29, 0.717) is 13.0 Å².